The summed E-state index contributed by atoms with van der Waals surface area (Å²) in [5.74, 6) is -0.714. The van der Waals surface area contributed by atoms with Crippen LogP contribution in [-0.4, -0.2) is 29.3 Å². The normalized spacial score (nSPS) is 13.5. The highest BCUT2D eigenvalue weighted by atomic mass is 35.5. The summed E-state index contributed by atoms with van der Waals surface area (Å²) in [7, 11) is 0. The predicted molar refractivity (Wildman–Crippen MR) is 87.7 cm³/mol. The van der Waals surface area contributed by atoms with Gasteiger partial charge in [0.2, 0.25) is 0 Å². The smallest absolute Gasteiger partial charge is 0.346 e. The summed E-state index contributed by atoms with van der Waals surface area (Å²) >= 11 is 11.1. The van der Waals surface area contributed by atoms with Gasteiger partial charge in [0.1, 0.15) is 5.17 Å². The molecule has 0 bridgehead atoms. The number of carbonyl (C=O) groups excluding carboxylic acids is 1. The molecule has 2 N–H and O–H groups in total. The van der Waals surface area contributed by atoms with Gasteiger partial charge in [0.15, 0.2) is 0 Å². The molecule has 2 amide bonds. The Hall–Kier alpha value is -1.88. The molecule has 0 atom stereocenters. The van der Waals surface area contributed by atoms with E-state index in [-0.39, 0.29) is 10.7 Å². The van der Waals surface area contributed by atoms with Gasteiger partial charge in [-0.05, 0) is 24.3 Å². The number of benzene rings is 1. The Morgan fingerprint density at radius 1 is 1.07 bits per heavy atom. The maximum absolute atomic E-state index is 13.3. The molecule has 0 aliphatic carbocycles. The number of alkyl halides is 6. The highest BCUT2D eigenvalue weighted by Crippen LogP contribution is 2.44. The molecule has 152 valence electrons. The van der Waals surface area contributed by atoms with E-state index >= 15 is 0 Å². The van der Waals surface area contributed by atoms with E-state index in [1.54, 1.807) is 0 Å². The number of halogens is 8. The molecule has 0 radical (unpaired) electrons. The summed E-state index contributed by atoms with van der Waals surface area (Å²) in [5, 5.41) is 4.82. The lowest BCUT2D eigenvalue weighted by atomic mass is 10.2. The molecule has 0 aliphatic heterocycles. The van der Waals surface area contributed by atoms with Crippen molar-refractivity contribution >= 4 is 40.1 Å². The van der Waals surface area contributed by atoms with Crippen LogP contribution in [0.25, 0.3) is 0 Å². The SMILES string of the molecule is CC(C)/C(Cl)=N/OC(NC(=O)Nc1ccc(Cl)cc1)(C(F)(F)F)C(F)(F)F. The summed E-state index contributed by atoms with van der Waals surface area (Å²) in [4.78, 5) is 15.5. The van der Waals surface area contributed by atoms with Gasteiger partial charge in [-0.25, -0.2) is 4.79 Å². The molecule has 0 heterocycles. The molecule has 0 fully saturated rings. The fraction of sp³-hybridized carbons (Fsp3) is 0.429. The first kappa shape index (κ1) is 23.2. The molecule has 1 aromatic rings. The van der Waals surface area contributed by atoms with Gasteiger partial charge in [0.25, 0.3) is 0 Å². The lowest BCUT2D eigenvalue weighted by Crippen LogP contribution is -2.69. The van der Waals surface area contributed by atoms with Gasteiger partial charge in [-0.2, -0.15) is 26.3 Å². The van der Waals surface area contributed by atoms with Crippen LogP contribution in [0.5, 0.6) is 0 Å². The fourth-order valence-corrected chi connectivity index (χ4v) is 1.66. The summed E-state index contributed by atoms with van der Waals surface area (Å²) in [6.45, 7) is 2.72. The molecule has 1 aromatic carbocycles. The van der Waals surface area contributed by atoms with Gasteiger partial charge < -0.3 is 10.2 Å². The quantitative estimate of drug-likeness (QED) is 0.275. The van der Waals surface area contributed by atoms with Crippen LogP contribution < -0.4 is 10.6 Å². The summed E-state index contributed by atoms with van der Waals surface area (Å²) in [6, 6.07) is 3.02. The average Bonchev–Trinajstić information content (AvgIpc) is 2.50. The van der Waals surface area contributed by atoms with Crippen molar-refractivity contribution in [3.05, 3.63) is 29.3 Å². The average molecular weight is 440 g/mol. The van der Waals surface area contributed by atoms with Crippen molar-refractivity contribution in [3.63, 3.8) is 0 Å². The van der Waals surface area contributed by atoms with Crippen LogP contribution in [0.3, 0.4) is 0 Å². The molecule has 27 heavy (non-hydrogen) atoms. The first-order chi connectivity index (χ1) is 12.2. The Morgan fingerprint density at radius 2 is 1.56 bits per heavy atom. The first-order valence-corrected chi connectivity index (χ1v) is 7.85. The molecule has 0 aliphatic rings. The molecule has 1 rings (SSSR count). The monoisotopic (exact) mass is 439 g/mol. The molecular formula is C14H13Cl2F6N3O2. The second-order valence-electron chi connectivity index (χ2n) is 5.42. The fourth-order valence-electron chi connectivity index (χ4n) is 1.50. The second-order valence-corrected chi connectivity index (χ2v) is 6.25. The van der Waals surface area contributed by atoms with Gasteiger partial charge in [0, 0.05) is 16.6 Å². The van der Waals surface area contributed by atoms with Crippen LogP contribution in [-0.2, 0) is 4.84 Å². The van der Waals surface area contributed by atoms with Crippen molar-refractivity contribution in [1.82, 2.24) is 5.32 Å². The van der Waals surface area contributed by atoms with Crippen LogP contribution in [0.15, 0.2) is 29.4 Å². The minimum Gasteiger partial charge on any atom is -0.346 e. The van der Waals surface area contributed by atoms with Crippen molar-refractivity contribution in [2.75, 3.05) is 5.32 Å². The van der Waals surface area contributed by atoms with Gasteiger partial charge in [-0.15, -0.1) is 0 Å². The predicted octanol–water partition coefficient (Wildman–Crippen LogP) is 5.51. The van der Waals surface area contributed by atoms with Gasteiger partial charge in [-0.1, -0.05) is 42.2 Å². The minimum atomic E-state index is -6.11. The topological polar surface area (TPSA) is 62.7 Å². The Labute approximate surface area is 159 Å². The zero-order valence-electron chi connectivity index (χ0n) is 13.7. The zero-order valence-corrected chi connectivity index (χ0v) is 15.2. The molecule has 0 unspecified atom stereocenters. The van der Waals surface area contributed by atoms with E-state index in [2.05, 4.69) is 9.99 Å². The minimum absolute atomic E-state index is 0.112. The molecular weight excluding hydrogens is 427 g/mol. The van der Waals surface area contributed by atoms with E-state index in [0.717, 1.165) is 5.32 Å². The number of oxime groups is 1. The van der Waals surface area contributed by atoms with Crippen molar-refractivity contribution in [3.8, 4) is 0 Å². The maximum Gasteiger partial charge on any atom is 0.461 e. The first-order valence-electron chi connectivity index (χ1n) is 7.09. The number of nitrogens with zero attached hydrogens (tertiary/aromatic N) is 1. The van der Waals surface area contributed by atoms with E-state index in [4.69, 9.17) is 23.2 Å². The molecule has 0 aromatic heterocycles. The summed E-state index contributed by atoms with van der Waals surface area (Å²) in [5.41, 5.74) is -5.23. The Balaban J connectivity index is 3.21. The largest absolute Gasteiger partial charge is 0.461 e. The van der Waals surface area contributed by atoms with E-state index in [9.17, 15) is 31.1 Å². The molecule has 0 saturated carbocycles. The number of nitrogens with one attached hydrogen (secondary N) is 2. The van der Waals surface area contributed by atoms with E-state index < -0.39 is 35.2 Å². The number of hydrogen-bond donors (Lipinski definition) is 2. The number of rotatable bonds is 5. The van der Waals surface area contributed by atoms with Crippen molar-refractivity contribution in [2.45, 2.75) is 31.9 Å². The van der Waals surface area contributed by atoms with Crippen molar-refractivity contribution < 1.29 is 36.0 Å². The zero-order chi connectivity index (χ0) is 21.0. The van der Waals surface area contributed by atoms with E-state index in [0.29, 0.717) is 0 Å². The van der Waals surface area contributed by atoms with E-state index in [1.165, 1.54) is 38.1 Å². The number of urea groups is 1. The molecule has 13 heteroatoms. The Bertz CT molecular complexity index is 676. The molecule has 0 saturated heterocycles. The van der Waals surface area contributed by atoms with Crippen LogP contribution in [0.2, 0.25) is 5.02 Å². The third-order valence-corrected chi connectivity index (χ3v) is 3.69. The lowest BCUT2D eigenvalue weighted by Gasteiger charge is -2.34. The maximum atomic E-state index is 13.3. The Morgan fingerprint density at radius 3 is 1.96 bits per heavy atom. The van der Waals surface area contributed by atoms with Gasteiger partial charge >= 0.3 is 24.1 Å². The standard InChI is InChI=1S/C14H13Cl2F6N3O2/c1-7(2)10(16)25-27-12(13(17,18)19,14(20,21)22)24-11(26)23-9-5-3-8(15)4-6-9/h3-7H,1-2H3,(H2,23,24,26)/b25-10-. The molecule has 0 spiro atoms. The van der Waals surface area contributed by atoms with Crippen molar-refractivity contribution in [2.24, 2.45) is 11.1 Å². The van der Waals surface area contributed by atoms with Gasteiger partial charge in [-0.3, -0.25) is 5.32 Å². The second kappa shape index (κ2) is 8.42. The number of carbonyl (C=O) groups is 1. The summed E-state index contributed by atoms with van der Waals surface area (Å²) in [6.07, 6.45) is -12.2. The summed E-state index contributed by atoms with van der Waals surface area (Å²) < 4.78 is 79.5. The number of hydrogen-bond acceptors (Lipinski definition) is 3. The highest BCUT2D eigenvalue weighted by Gasteiger charge is 2.76. The number of anilines is 1. The van der Waals surface area contributed by atoms with Crippen LogP contribution >= 0.6 is 23.2 Å². The lowest BCUT2D eigenvalue weighted by molar-refractivity contribution is -0.388. The third kappa shape index (κ3) is 5.80. The molecule has 5 nitrogen and oxygen atoms in total. The van der Waals surface area contributed by atoms with Gasteiger partial charge in [0.05, 0.1) is 0 Å². The third-order valence-electron chi connectivity index (χ3n) is 2.94. The van der Waals surface area contributed by atoms with Crippen molar-refractivity contribution in [1.29, 1.82) is 0 Å². The Kier molecular flexibility index (Phi) is 7.23. The highest BCUT2D eigenvalue weighted by molar-refractivity contribution is 6.65. The van der Waals surface area contributed by atoms with Crippen LogP contribution in [0, 0.1) is 5.92 Å². The van der Waals surface area contributed by atoms with Crippen LogP contribution in [0.1, 0.15) is 13.8 Å². The number of amides is 2. The van der Waals surface area contributed by atoms with E-state index in [1.807, 2.05) is 5.32 Å². The van der Waals surface area contributed by atoms with Crippen LogP contribution in [0.4, 0.5) is 36.8 Å².